The van der Waals surface area contributed by atoms with Crippen LogP contribution in [0.2, 0.25) is 24.2 Å². The molecule has 6 rings (SSSR count). The first-order chi connectivity index (χ1) is 17.6. The van der Waals surface area contributed by atoms with Crippen LogP contribution in [0.4, 0.5) is 11.4 Å². The second-order valence-corrected chi connectivity index (χ2v) is 18.5. The lowest BCUT2D eigenvalue weighted by Gasteiger charge is -2.44. The van der Waals surface area contributed by atoms with Crippen LogP contribution in [0, 0.1) is 37.5 Å². The van der Waals surface area contributed by atoms with Gasteiger partial charge < -0.3 is 9.80 Å². The standard InChI is InChI=1S/C34H46N2Si/c1-21-13-9-11-15-29(21)35-25(5)19-27-31(35)17-23(3)33(27)37(7,8)34-24(4)18-32-28(34)20-26(6)36(32)30-16-12-10-14-22(30)2/h9-16,19-20,23-24,27-28,31-34H,17-18H2,1-8H3. The van der Waals surface area contributed by atoms with Gasteiger partial charge in [-0.2, -0.15) is 0 Å². The van der Waals surface area contributed by atoms with Crippen LogP contribution < -0.4 is 9.80 Å². The Bertz CT molecular complexity index is 1160. The molecule has 3 heteroatoms. The van der Waals surface area contributed by atoms with Crippen LogP contribution in [0.15, 0.2) is 72.1 Å². The van der Waals surface area contributed by atoms with E-state index >= 15 is 0 Å². The van der Waals surface area contributed by atoms with Gasteiger partial charge >= 0.3 is 0 Å². The van der Waals surface area contributed by atoms with Crippen LogP contribution in [0.1, 0.15) is 51.7 Å². The van der Waals surface area contributed by atoms with Gasteiger partial charge in [-0.25, -0.2) is 0 Å². The van der Waals surface area contributed by atoms with Crippen molar-refractivity contribution in [1.82, 2.24) is 0 Å². The van der Waals surface area contributed by atoms with E-state index in [2.05, 4.69) is 125 Å². The van der Waals surface area contributed by atoms with E-state index in [4.69, 9.17) is 0 Å². The average molecular weight is 511 g/mol. The quantitative estimate of drug-likeness (QED) is 0.379. The Morgan fingerprint density at radius 2 is 1.00 bits per heavy atom. The van der Waals surface area contributed by atoms with Gasteiger partial charge in [-0.05, 0) is 86.7 Å². The largest absolute Gasteiger partial charge is 0.342 e. The summed E-state index contributed by atoms with van der Waals surface area (Å²) < 4.78 is 0. The molecule has 37 heavy (non-hydrogen) atoms. The smallest absolute Gasteiger partial charge is 0.0554 e. The van der Waals surface area contributed by atoms with E-state index in [-0.39, 0.29) is 0 Å². The molecule has 2 aliphatic carbocycles. The third kappa shape index (κ3) is 3.71. The fourth-order valence-electron chi connectivity index (χ4n) is 9.92. The van der Waals surface area contributed by atoms with Crippen molar-refractivity contribution in [3.05, 3.63) is 83.2 Å². The van der Waals surface area contributed by atoms with Crippen molar-refractivity contribution in [2.75, 3.05) is 9.80 Å². The molecule has 2 aromatic carbocycles. The first-order valence-corrected chi connectivity index (χ1v) is 17.8. The fraction of sp³-hybridized carbons (Fsp3) is 0.529. The highest BCUT2D eigenvalue weighted by molar-refractivity contribution is 6.80. The second kappa shape index (κ2) is 8.90. The summed E-state index contributed by atoms with van der Waals surface area (Å²) >= 11 is 0. The van der Waals surface area contributed by atoms with E-state index < -0.39 is 8.07 Å². The summed E-state index contributed by atoms with van der Waals surface area (Å²) in [6, 6.07) is 19.3. The molecule has 2 fully saturated rings. The summed E-state index contributed by atoms with van der Waals surface area (Å²) in [5, 5.41) is 0. The Kier molecular flexibility index (Phi) is 6.02. The predicted octanol–water partition coefficient (Wildman–Crippen LogP) is 8.95. The maximum atomic E-state index is 2.78. The number of rotatable bonds is 4. The molecule has 0 amide bonds. The molecule has 2 nitrogen and oxygen atoms in total. The van der Waals surface area contributed by atoms with Gasteiger partial charge in [0, 0.05) is 46.7 Å². The van der Waals surface area contributed by atoms with Crippen molar-refractivity contribution >= 4 is 19.4 Å². The first-order valence-electron chi connectivity index (χ1n) is 14.7. The lowest BCUT2D eigenvalue weighted by Crippen LogP contribution is -2.46. The Balaban J connectivity index is 1.32. The zero-order chi connectivity index (χ0) is 26.2. The zero-order valence-electron chi connectivity index (χ0n) is 24.2. The zero-order valence-corrected chi connectivity index (χ0v) is 25.2. The third-order valence-electron chi connectivity index (χ3n) is 10.9. The predicted molar refractivity (Wildman–Crippen MR) is 162 cm³/mol. The molecule has 0 radical (unpaired) electrons. The van der Waals surface area contributed by atoms with Crippen LogP contribution in [0.25, 0.3) is 0 Å². The molecule has 0 spiro atoms. The van der Waals surface area contributed by atoms with E-state index in [9.17, 15) is 0 Å². The molecular weight excluding hydrogens is 464 g/mol. The molecule has 2 heterocycles. The van der Waals surface area contributed by atoms with Crippen molar-refractivity contribution < 1.29 is 0 Å². The van der Waals surface area contributed by atoms with Crippen molar-refractivity contribution in [2.45, 2.75) is 90.6 Å². The van der Waals surface area contributed by atoms with Gasteiger partial charge in [0.05, 0.1) is 8.07 Å². The van der Waals surface area contributed by atoms with Gasteiger partial charge in [0.25, 0.3) is 0 Å². The lowest BCUT2D eigenvalue weighted by molar-refractivity contribution is 0.505. The Hall–Kier alpha value is -2.26. The molecule has 0 saturated heterocycles. The molecule has 8 unspecified atom stereocenters. The normalized spacial score (nSPS) is 35.0. The van der Waals surface area contributed by atoms with Crippen molar-refractivity contribution in [3.63, 3.8) is 0 Å². The molecule has 2 aliphatic heterocycles. The minimum Gasteiger partial charge on any atom is -0.342 e. The number of fused-ring (bicyclic) bond motifs is 2. The van der Waals surface area contributed by atoms with Crippen LogP contribution >= 0.6 is 0 Å². The van der Waals surface area contributed by atoms with E-state index in [0.717, 1.165) is 22.9 Å². The summed E-state index contributed by atoms with van der Waals surface area (Å²) in [7, 11) is -1.63. The van der Waals surface area contributed by atoms with Gasteiger partial charge in [-0.15, -0.1) is 0 Å². The highest BCUT2D eigenvalue weighted by atomic mass is 28.3. The van der Waals surface area contributed by atoms with Gasteiger partial charge in [-0.3, -0.25) is 0 Å². The van der Waals surface area contributed by atoms with Crippen molar-refractivity contribution in [2.24, 2.45) is 23.7 Å². The number of hydrogen-bond donors (Lipinski definition) is 0. The molecule has 4 aliphatic rings. The average Bonchev–Trinajstić information content (AvgIpc) is 3.51. The van der Waals surface area contributed by atoms with E-state index in [1.54, 1.807) is 0 Å². The lowest BCUT2D eigenvalue weighted by atomic mass is 10.0. The molecule has 2 aromatic rings. The van der Waals surface area contributed by atoms with Crippen LogP contribution in [-0.4, -0.2) is 20.2 Å². The Morgan fingerprint density at radius 3 is 1.38 bits per heavy atom. The maximum Gasteiger partial charge on any atom is 0.0554 e. The van der Waals surface area contributed by atoms with Gasteiger partial charge in [0.15, 0.2) is 0 Å². The van der Waals surface area contributed by atoms with Gasteiger partial charge in [0.1, 0.15) is 0 Å². The summed E-state index contributed by atoms with van der Waals surface area (Å²) in [5.41, 5.74) is 10.3. The monoisotopic (exact) mass is 510 g/mol. The number of aryl methyl sites for hydroxylation is 2. The molecule has 196 valence electrons. The third-order valence-corrected chi connectivity index (χ3v) is 16.3. The van der Waals surface area contributed by atoms with Gasteiger partial charge in [-0.1, -0.05) is 75.5 Å². The maximum absolute atomic E-state index is 2.78. The van der Waals surface area contributed by atoms with E-state index in [1.807, 2.05) is 0 Å². The Labute approximate surface area is 226 Å². The number of nitrogens with zero attached hydrogens (tertiary/aromatic N) is 2. The molecule has 0 bridgehead atoms. The summed E-state index contributed by atoms with van der Waals surface area (Å²) in [5.74, 6) is 2.97. The van der Waals surface area contributed by atoms with Crippen LogP contribution in [-0.2, 0) is 0 Å². The van der Waals surface area contributed by atoms with Crippen LogP contribution in [0.3, 0.4) is 0 Å². The topological polar surface area (TPSA) is 6.48 Å². The number of anilines is 2. The highest BCUT2D eigenvalue weighted by Gasteiger charge is 2.60. The van der Waals surface area contributed by atoms with Gasteiger partial charge in [0.2, 0.25) is 0 Å². The minimum atomic E-state index is -1.63. The van der Waals surface area contributed by atoms with Crippen LogP contribution in [0.5, 0.6) is 0 Å². The fourth-order valence-corrected chi connectivity index (χ4v) is 16.2. The number of para-hydroxylation sites is 2. The molecular formula is C34H46N2Si. The number of benzene rings is 2. The summed E-state index contributed by atoms with van der Waals surface area (Å²) in [6.07, 6.45) is 8.03. The van der Waals surface area contributed by atoms with E-state index in [1.165, 1.54) is 46.7 Å². The highest BCUT2D eigenvalue weighted by Crippen LogP contribution is 2.63. The Morgan fingerprint density at radius 1 is 0.622 bits per heavy atom. The first kappa shape index (κ1) is 25.0. The van der Waals surface area contributed by atoms with Crippen molar-refractivity contribution in [1.29, 1.82) is 0 Å². The molecule has 2 saturated carbocycles. The minimum absolute atomic E-state index is 0.629. The molecule has 0 aromatic heterocycles. The van der Waals surface area contributed by atoms with Crippen molar-refractivity contribution in [3.8, 4) is 0 Å². The molecule has 0 N–H and O–H groups in total. The SMILES string of the molecule is CC1=CC2C(CC(C)C2[Si](C)(C)C2C(C)CC3C2C=C(C)N3c2ccccc2C)N1c1ccccc1C. The van der Waals surface area contributed by atoms with E-state index in [0.29, 0.717) is 23.9 Å². The number of allylic oxidation sites excluding steroid dienone is 2. The summed E-state index contributed by atoms with van der Waals surface area (Å²) in [4.78, 5) is 5.42. The summed E-state index contributed by atoms with van der Waals surface area (Å²) in [6.45, 7) is 20.0. The number of hydrogen-bond acceptors (Lipinski definition) is 2. The second-order valence-electron chi connectivity index (χ2n) is 13.5. The molecule has 8 atom stereocenters.